The highest BCUT2D eigenvalue weighted by Gasteiger charge is 2.15. The maximum Gasteiger partial charge on any atom is 0.269 e. The molecular weight excluding hydrogens is 414 g/mol. The molecule has 0 aliphatic carbocycles. The molecule has 0 saturated carbocycles. The number of carbonyl (C=O) groups excluding carboxylic acids is 1. The first kappa shape index (κ1) is 20.7. The van der Waals surface area contributed by atoms with Gasteiger partial charge in [0.2, 0.25) is 0 Å². The molecule has 1 amide bonds. The van der Waals surface area contributed by atoms with Gasteiger partial charge < -0.3 is 19.5 Å². The van der Waals surface area contributed by atoms with Crippen molar-refractivity contribution in [3.05, 3.63) is 65.3 Å². The van der Waals surface area contributed by atoms with Crippen LogP contribution < -0.4 is 19.5 Å². The third-order valence-electron chi connectivity index (χ3n) is 4.95. The van der Waals surface area contributed by atoms with E-state index < -0.39 is 0 Å². The Labute approximate surface area is 184 Å². The van der Waals surface area contributed by atoms with Crippen LogP contribution in [0.4, 0.5) is 0 Å². The molecule has 0 unspecified atom stereocenters. The SMILES string of the molecule is COc1cccc(-c2cn3c(C(=O)NCCc4ccc(OC)c(OC)c4)csc3n2)c1. The predicted molar refractivity (Wildman–Crippen MR) is 121 cm³/mol. The minimum atomic E-state index is -0.138. The first-order valence-corrected chi connectivity index (χ1v) is 10.6. The maximum absolute atomic E-state index is 12.8. The van der Waals surface area contributed by atoms with Gasteiger partial charge >= 0.3 is 0 Å². The lowest BCUT2D eigenvalue weighted by atomic mass is 10.1. The van der Waals surface area contributed by atoms with Gasteiger partial charge in [0, 0.05) is 23.7 Å². The number of nitrogens with zero attached hydrogens (tertiary/aromatic N) is 2. The summed E-state index contributed by atoms with van der Waals surface area (Å²) in [6, 6.07) is 13.5. The summed E-state index contributed by atoms with van der Waals surface area (Å²) in [6.07, 6.45) is 2.56. The topological polar surface area (TPSA) is 74.1 Å². The molecule has 1 N–H and O–H groups in total. The Hall–Kier alpha value is -3.52. The Morgan fingerprint density at radius 1 is 1.06 bits per heavy atom. The molecule has 2 aromatic carbocycles. The molecule has 0 aliphatic heterocycles. The molecule has 160 valence electrons. The fraction of sp³-hybridized carbons (Fsp3) is 0.217. The average Bonchev–Trinajstić information content (AvgIpc) is 3.40. The molecule has 2 heterocycles. The Morgan fingerprint density at radius 3 is 2.68 bits per heavy atom. The van der Waals surface area contributed by atoms with E-state index in [9.17, 15) is 4.79 Å². The van der Waals surface area contributed by atoms with E-state index in [1.807, 2.05) is 58.4 Å². The quantitative estimate of drug-likeness (QED) is 0.450. The number of hydrogen-bond donors (Lipinski definition) is 1. The number of carbonyl (C=O) groups is 1. The van der Waals surface area contributed by atoms with E-state index in [1.54, 1.807) is 21.3 Å². The lowest BCUT2D eigenvalue weighted by molar-refractivity contribution is 0.0948. The highest BCUT2D eigenvalue weighted by molar-refractivity contribution is 7.15. The third-order valence-corrected chi connectivity index (χ3v) is 5.79. The molecule has 0 fully saturated rings. The summed E-state index contributed by atoms with van der Waals surface area (Å²) in [5.74, 6) is 1.99. The van der Waals surface area contributed by atoms with Crippen molar-refractivity contribution in [2.45, 2.75) is 6.42 Å². The Balaban J connectivity index is 1.45. The standard InChI is InChI=1S/C23H23N3O4S/c1-28-17-6-4-5-16(12-17)18-13-26-19(14-31-23(26)25-18)22(27)24-10-9-15-7-8-20(29-2)21(11-15)30-3/h4-8,11-14H,9-10H2,1-3H3,(H,24,27). The summed E-state index contributed by atoms with van der Waals surface area (Å²) >= 11 is 1.44. The van der Waals surface area contributed by atoms with Gasteiger partial charge in [-0.3, -0.25) is 9.20 Å². The van der Waals surface area contributed by atoms with E-state index >= 15 is 0 Å². The van der Waals surface area contributed by atoms with E-state index in [0.717, 1.165) is 27.5 Å². The number of benzene rings is 2. The number of amides is 1. The van der Waals surface area contributed by atoms with Gasteiger partial charge in [0.05, 0.1) is 27.0 Å². The van der Waals surface area contributed by atoms with Gasteiger partial charge in [0.1, 0.15) is 11.4 Å². The zero-order chi connectivity index (χ0) is 21.8. The van der Waals surface area contributed by atoms with Crippen LogP contribution in [0, 0.1) is 0 Å². The monoisotopic (exact) mass is 437 g/mol. The van der Waals surface area contributed by atoms with Crippen LogP contribution in [-0.4, -0.2) is 43.2 Å². The van der Waals surface area contributed by atoms with E-state index in [-0.39, 0.29) is 5.91 Å². The van der Waals surface area contributed by atoms with Crippen LogP contribution in [0.1, 0.15) is 16.1 Å². The number of imidazole rings is 1. The van der Waals surface area contributed by atoms with Crippen LogP contribution in [0.15, 0.2) is 54.0 Å². The number of fused-ring (bicyclic) bond motifs is 1. The summed E-state index contributed by atoms with van der Waals surface area (Å²) < 4.78 is 17.7. The van der Waals surface area contributed by atoms with E-state index in [2.05, 4.69) is 10.3 Å². The van der Waals surface area contributed by atoms with Crippen molar-refractivity contribution in [2.24, 2.45) is 0 Å². The maximum atomic E-state index is 12.8. The van der Waals surface area contributed by atoms with Gasteiger partial charge in [-0.25, -0.2) is 4.98 Å². The average molecular weight is 438 g/mol. The summed E-state index contributed by atoms with van der Waals surface area (Å²) in [7, 11) is 4.85. The highest BCUT2D eigenvalue weighted by Crippen LogP contribution is 2.28. The lowest BCUT2D eigenvalue weighted by Crippen LogP contribution is -2.26. The molecule has 2 aromatic heterocycles. The van der Waals surface area contributed by atoms with E-state index in [0.29, 0.717) is 30.2 Å². The summed E-state index contributed by atoms with van der Waals surface area (Å²) in [6.45, 7) is 0.503. The number of ether oxygens (including phenoxy) is 3. The number of methoxy groups -OCH3 is 3. The van der Waals surface area contributed by atoms with Crippen LogP contribution in [0.3, 0.4) is 0 Å². The number of nitrogens with one attached hydrogen (secondary N) is 1. The molecule has 4 aromatic rings. The number of thiazole rings is 1. The van der Waals surface area contributed by atoms with Gasteiger partial charge in [-0.15, -0.1) is 11.3 Å². The molecule has 7 nitrogen and oxygen atoms in total. The minimum absolute atomic E-state index is 0.138. The van der Waals surface area contributed by atoms with Crippen LogP contribution in [-0.2, 0) is 6.42 Å². The Morgan fingerprint density at radius 2 is 1.90 bits per heavy atom. The van der Waals surface area contributed by atoms with Crippen LogP contribution in [0.2, 0.25) is 0 Å². The van der Waals surface area contributed by atoms with E-state index in [4.69, 9.17) is 14.2 Å². The predicted octanol–water partition coefficient (Wildman–Crippen LogP) is 4.06. The van der Waals surface area contributed by atoms with Gasteiger partial charge in [-0.05, 0) is 36.2 Å². The van der Waals surface area contributed by atoms with Gasteiger partial charge in [-0.1, -0.05) is 18.2 Å². The third kappa shape index (κ3) is 4.34. The summed E-state index contributed by atoms with van der Waals surface area (Å²) in [5, 5.41) is 4.81. The Kier molecular flexibility index (Phi) is 6.08. The smallest absolute Gasteiger partial charge is 0.269 e. The van der Waals surface area contributed by atoms with Crippen molar-refractivity contribution in [1.82, 2.24) is 14.7 Å². The molecule has 0 bridgehead atoms. The molecule has 0 aliphatic rings. The fourth-order valence-electron chi connectivity index (χ4n) is 3.32. The first-order chi connectivity index (χ1) is 15.1. The fourth-order valence-corrected chi connectivity index (χ4v) is 4.17. The van der Waals surface area contributed by atoms with Crippen molar-refractivity contribution < 1.29 is 19.0 Å². The normalized spacial score (nSPS) is 10.8. The second-order valence-corrected chi connectivity index (χ2v) is 7.66. The number of rotatable bonds is 8. The van der Waals surface area contributed by atoms with Crippen molar-refractivity contribution >= 4 is 22.2 Å². The molecule has 8 heteroatoms. The van der Waals surface area contributed by atoms with Gasteiger partial charge in [-0.2, -0.15) is 0 Å². The molecule has 0 spiro atoms. The van der Waals surface area contributed by atoms with Crippen molar-refractivity contribution in [2.75, 3.05) is 27.9 Å². The second kappa shape index (κ2) is 9.09. The van der Waals surface area contributed by atoms with Crippen LogP contribution in [0.5, 0.6) is 17.2 Å². The molecule has 4 rings (SSSR count). The van der Waals surface area contributed by atoms with Crippen molar-refractivity contribution in [3.63, 3.8) is 0 Å². The molecule has 0 radical (unpaired) electrons. The first-order valence-electron chi connectivity index (χ1n) is 9.73. The zero-order valence-electron chi connectivity index (χ0n) is 17.5. The van der Waals surface area contributed by atoms with Crippen LogP contribution in [0.25, 0.3) is 16.2 Å². The highest BCUT2D eigenvalue weighted by atomic mass is 32.1. The minimum Gasteiger partial charge on any atom is -0.497 e. The molecule has 0 atom stereocenters. The van der Waals surface area contributed by atoms with Crippen LogP contribution >= 0.6 is 11.3 Å². The van der Waals surface area contributed by atoms with Crippen molar-refractivity contribution in [3.8, 4) is 28.5 Å². The molecular formula is C23H23N3O4S. The van der Waals surface area contributed by atoms with Gasteiger partial charge in [0.15, 0.2) is 16.5 Å². The lowest BCUT2D eigenvalue weighted by Gasteiger charge is -2.10. The summed E-state index contributed by atoms with van der Waals surface area (Å²) in [4.78, 5) is 18.2. The van der Waals surface area contributed by atoms with Gasteiger partial charge in [0.25, 0.3) is 5.91 Å². The van der Waals surface area contributed by atoms with Crippen molar-refractivity contribution in [1.29, 1.82) is 0 Å². The zero-order valence-corrected chi connectivity index (χ0v) is 18.4. The van der Waals surface area contributed by atoms with E-state index in [1.165, 1.54) is 11.3 Å². The molecule has 31 heavy (non-hydrogen) atoms. The summed E-state index contributed by atoms with van der Waals surface area (Å²) in [5.41, 5.74) is 3.35. The number of hydrogen-bond acceptors (Lipinski definition) is 6. The largest absolute Gasteiger partial charge is 0.497 e. The second-order valence-electron chi connectivity index (χ2n) is 6.83. The number of aromatic nitrogens is 2. The molecule has 0 saturated heterocycles. The Bertz CT molecular complexity index is 1210.